The molecule has 1 aromatic carbocycles. The van der Waals surface area contributed by atoms with Crippen LogP contribution in [0.15, 0.2) is 34.2 Å². The first kappa shape index (κ1) is 16.4. The Morgan fingerprint density at radius 1 is 1.36 bits per heavy atom. The number of rotatable bonds is 4. The maximum absolute atomic E-state index is 14.0. The Balaban J connectivity index is 1.58. The molecule has 1 aliphatic heterocycles. The third-order valence-corrected chi connectivity index (χ3v) is 5.38. The molecular formula is C18H17F2N3OS. The number of benzene rings is 1. The van der Waals surface area contributed by atoms with Crippen LogP contribution in [0.3, 0.4) is 0 Å². The molecule has 0 bridgehead atoms. The molecule has 0 aliphatic carbocycles. The van der Waals surface area contributed by atoms with Gasteiger partial charge in [0.25, 0.3) is 0 Å². The highest BCUT2D eigenvalue weighted by atomic mass is 32.1. The second-order valence-electron chi connectivity index (χ2n) is 6.14. The summed E-state index contributed by atoms with van der Waals surface area (Å²) in [5.74, 6) is -0.443. The van der Waals surface area contributed by atoms with E-state index in [9.17, 15) is 8.78 Å². The SMILES string of the molecule is Cc1oc(-c2ccc(F)cc2F)nc1CN1CCCC1c1nccs1. The second-order valence-corrected chi connectivity index (χ2v) is 7.07. The van der Waals surface area contributed by atoms with Gasteiger partial charge in [-0.15, -0.1) is 11.3 Å². The van der Waals surface area contributed by atoms with E-state index in [4.69, 9.17) is 4.42 Å². The minimum absolute atomic E-state index is 0.175. The molecule has 1 aliphatic rings. The van der Waals surface area contributed by atoms with E-state index in [0.29, 0.717) is 18.3 Å². The van der Waals surface area contributed by atoms with Crippen molar-refractivity contribution in [2.45, 2.75) is 32.4 Å². The lowest BCUT2D eigenvalue weighted by Crippen LogP contribution is -2.23. The molecule has 2 aromatic heterocycles. The fourth-order valence-corrected chi connectivity index (χ4v) is 4.05. The van der Waals surface area contributed by atoms with E-state index in [1.165, 1.54) is 12.1 Å². The quantitative estimate of drug-likeness (QED) is 0.674. The lowest BCUT2D eigenvalue weighted by atomic mass is 10.2. The van der Waals surface area contributed by atoms with Gasteiger partial charge < -0.3 is 4.42 Å². The zero-order valence-corrected chi connectivity index (χ0v) is 14.5. The van der Waals surface area contributed by atoms with Gasteiger partial charge in [0.15, 0.2) is 0 Å². The van der Waals surface area contributed by atoms with Crippen LogP contribution in [0.25, 0.3) is 11.5 Å². The van der Waals surface area contributed by atoms with Crippen LogP contribution in [0.4, 0.5) is 8.78 Å². The van der Waals surface area contributed by atoms with Crippen LogP contribution < -0.4 is 0 Å². The molecule has 4 nitrogen and oxygen atoms in total. The molecule has 0 N–H and O–H groups in total. The molecule has 3 heterocycles. The first-order chi connectivity index (χ1) is 12.1. The number of hydrogen-bond donors (Lipinski definition) is 0. The van der Waals surface area contributed by atoms with Gasteiger partial charge in [-0.25, -0.2) is 18.7 Å². The smallest absolute Gasteiger partial charge is 0.229 e. The third-order valence-electron chi connectivity index (χ3n) is 4.51. The number of halogens is 2. The van der Waals surface area contributed by atoms with Crippen molar-refractivity contribution in [3.8, 4) is 11.5 Å². The highest BCUT2D eigenvalue weighted by Crippen LogP contribution is 2.35. The van der Waals surface area contributed by atoms with Gasteiger partial charge in [0, 0.05) is 24.2 Å². The Morgan fingerprint density at radius 3 is 3.00 bits per heavy atom. The Bertz CT molecular complexity index is 879. The van der Waals surface area contributed by atoms with Gasteiger partial charge in [-0.05, 0) is 38.4 Å². The normalized spacial score (nSPS) is 18.1. The molecule has 0 spiro atoms. The molecule has 1 unspecified atom stereocenters. The van der Waals surface area contributed by atoms with E-state index in [-0.39, 0.29) is 11.5 Å². The first-order valence-electron chi connectivity index (χ1n) is 8.17. The Labute approximate surface area is 148 Å². The fourth-order valence-electron chi connectivity index (χ4n) is 3.24. The summed E-state index contributed by atoms with van der Waals surface area (Å²) in [6, 6.07) is 3.69. The summed E-state index contributed by atoms with van der Waals surface area (Å²) in [5, 5.41) is 3.10. The summed E-state index contributed by atoms with van der Waals surface area (Å²) in [7, 11) is 0. The summed E-state index contributed by atoms with van der Waals surface area (Å²) in [4.78, 5) is 11.2. The summed E-state index contributed by atoms with van der Waals surface area (Å²) < 4.78 is 32.7. The minimum Gasteiger partial charge on any atom is -0.441 e. The van der Waals surface area contributed by atoms with Crippen molar-refractivity contribution in [2.24, 2.45) is 0 Å². The third kappa shape index (κ3) is 3.21. The van der Waals surface area contributed by atoms with E-state index in [1.807, 2.05) is 18.5 Å². The number of thiazole rings is 1. The van der Waals surface area contributed by atoms with E-state index in [1.54, 1.807) is 11.3 Å². The van der Waals surface area contributed by atoms with Gasteiger partial charge in [-0.3, -0.25) is 4.90 Å². The van der Waals surface area contributed by atoms with E-state index in [2.05, 4.69) is 14.9 Å². The van der Waals surface area contributed by atoms with Gasteiger partial charge in [-0.1, -0.05) is 0 Å². The Hall–Kier alpha value is -2.12. The number of aryl methyl sites for hydroxylation is 1. The van der Waals surface area contributed by atoms with Gasteiger partial charge in [0.2, 0.25) is 5.89 Å². The zero-order valence-electron chi connectivity index (χ0n) is 13.7. The van der Waals surface area contributed by atoms with Crippen LogP contribution in [0, 0.1) is 18.6 Å². The summed E-state index contributed by atoms with van der Waals surface area (Å²) in [6.45, 7) is 3.42. The van der Waals surface area contributed by atoms with E-state index < -0.39 is 11.6 Å². The van der Waals surface area contributed by atoms with Crippen molar-refractivity contribution in [3.63, 3.8) is 0 Å². The van der Waals surface area contributed by atoms with Gasteiger partial charge in [-0.2, -0.15) is 0 Å². The number of hydrogen-bond acceptors (Lipinski definition) is 5. The van der Waals surface area contributed by atoms with E-state index >= 15 is 0 Å². The van der Waals surface area contributed by atoms with Crippen LogP contribution in [0.5, 0.6) is 0 Å². The van der Waals surface area contributed by atoms with Crippen LogP contribution in [-0.4, -0.2) is 21.4 Å². The van der Waals surface area contributed by atoms with Crippen molar-refractivity contribution < 1.29 is 13.2 Å². The summed E-state index contributed by atoms with van der Waals surface area (Å²) >= 11 is 1.66. The minimum atomic E-state index is -0.672. The molecule has 3 aromatic rings. The average Bonchev–Trinajstić information content (AvgIpc) is 3.30. The molecule has 0 saturated carbocycles. The van der Waals surface area contributed by atoms with E-state index in [0.717, 1.165) is 36.2 Å². The number of likely N-dealkylation sites (tertiary alicyclic amines) is 1. The first-order valence-corrected chi connectivity index (χ1v) is 9.05. The second kappa shape index (κ2) is 6.65. The van der Waals surface area contributed by atoms with Gasteiger partial charge in [0.05, 0.1) is 17.3 Å². The highest BCUT2D eigenvalue weighted by molar-refractivity contribution is 7.09. The van der Waals surface area contributed by atoms with Crippen molar-refractivity contribution in [1.29, 1.82) is 0 Å². The Morgan fingerprint density at radius 2 is 2.24 bits per heavy atom. The van der Waals surface area contributed by atoms with Crippen LogP contribution in [0.1, 0.15) is 35.3 Å². The molecule has 1 saturated heterocycles. The van der Waals surface area contributed by atoms with Crippen LogP contribution in [0.2, 0.25) is 0 Å². The molecule has 1 atom stereocenters. The van der Waals surface area contributed by atoms with Crippen LogP contribution in [-0.2, 0) is 6.54 Å². The molecule has 1 fully saturated rings. The predicted molar refractivity (Wildman–Crippen MR) is 91.1 cm³/mol. The van der Waals surface area contributed by atoms with Crippen molar-refractivity contribution in [3.05, 3.63) is 57.9 Å². The topological polar surface area (TPSA) is 42.2 Å². The largest absolute Gasteiger partial charge is 0.441 e. The van der Waals surface area contributed by atoms with Gasteiger partial charge >= 0.3 is 0 Å². The molecule has 130 valence electrons. The molecular weight excluding hydrogens is 344 g/mol. The lowest BCUT2D eigenvalue weighted by Gasteiger charge is -2.21. The predicted octanol–water partition coefficient (Wildman–Crippen LogP) is 4.72. The molecule has 0 amide bonds. The Kier molecular flexibility index (Phi) is 4.35. The number of nitrogens with zero attached hydrogens (tertiary/aromatic N) is 3. The van der Waals surface area contributed by atoms with Crippen molar-refractivity contribution >= 4 is 11.3 Å². The molecule has 4 rings (SSSR count). The van der Waals surface area contributed by atoms with Crippen molar-refractivity contribution in [1.82, 2.24) is 14.9 Å². The highest BCUT2D eigenvalue weighted by Gasteiger charge is 2.29. The van der Waals surface area contributed by atoms with Crippen LogP contribution >= 0.6 is 11.3 Å². The lowest BCUT2D eigenvalue weighted by molar-refractivity contribution is 0.244. The van der Waals surface area contributed by atoms with Crippen molar-refractivity contribution in [2.75, 3.05) is 6.54 Å². The standard InChI is InChI=1S/C18H17F2N3OS/c1-11-15(10-23-7-2-3-16(23)18-21-6-8-25-18)22-17(24-11)13-5-4-12(19)9-14(13)20/h4-6,8-9,16H,2-3,7,10H2,1H3. The average molecular weight is 361 g/mol. The monoisotopic (exact) mass is 361 g/mol. The molecule has 7 heteroatoms. The molecule has 25 heavy (non-hydrogen) atoms. The fraction of sp³-hybridized carbons (Fsp3) is 0.333. The van der Waals surface area contributed by atoms with Gasteiger partial charge in [0.1, 0.15) is 22.4 Å². The number of aromatic nitrogens is 2. The summed E-state index contributed by atoms with van der Waals surface area (Å²) in [5.41, 5.74) is 0.954. The summed E-state index contributed by atoms with van der Waals surface area (Å²) in [6.07, 6.45) is 4.01. The maximum Gasteiger partial charge on any atom is 0.229 e. The number of oxazole rings is 1. The maximum atomic E-state index is 14.0. The zero-order chi connectivity index (χ0) is 17.4. The molecule has 0 radical (unpaired) electrons.